The summed E-state index contributed by atoms with van der Waals surface area (Å²) in [4.78, 5) is 20.3. The molecule has 3 heterocycles. The summed E-state index contributed by atoms with van der Waals surface area (Å²) in [6, 6.07) is 9.29. The van der Waals surface area contributed by atoms with Gasteiger partial charge in [0.25, 0.3) is 5.91 Å². The lowest BCUT2D eigenvalue weighted by atomic mass is 10.2. The van der Waals surface area contributed by atoms with E-state index in [2.05, 4.69) is 20.3 Å². The fraction of sp³-hybridized carbons (Fsp3) is 0.235. The van der Waals surface area contributed by atoms with Gasteiger partial charge in [-0.1, -0.05) is 0 Å². The maximum Gasteiger partial charge on any atom is 0.253 e. The van der Waals surface area contributed by atoms with Crippen molar-refractivity contribution in [1.29, 1.82) is 0 Å². The van der Waals surface area contributed by atoms with E-state index in [0.29, 0.717) is 37.6 Å². The third kappa shape index (κ3) is 4.07. The average molecular weight is 414 g/mol. The summed E-state index contributed by atoms with van der Waals surface area (Å²) in [5.41, 5.74) is 0.419. The fourth-order valence-corrected chi connectivity index (χ4v) is 3.56. The van der Waals surface area contributed by atoms with Crippen molar-refractivity contribution < 1.29 is 13.2 Å². The summed E-state index contributed by atoms with van der Waals surface area (Å²) in [7, 11) is -3.78. The topological polar surface area (TPSA) is 140 Å². The van der Waals surface area contributed by atoms with Crippen LogP contribution in [0.1, 0.15) is 10.4 Å². The number of sulfonamides is 1. The Morgan fingerprint density at radius 3 is 2.14 bits per heavy atom. The van der Waals surface area contributed by atoms with Crippen molar-refractivity contribution in [2.24, 2.45) is 5.14 Å². The molecular weight excluding hydrogens is 396 g/mol. The van der Waals surface area contributed by atoms with E-state index >= 15 is 0 Å². The predicted octanol–water partition coefficient (Wildman–Crippen LogP) is -0.333. The van der Waals surface area contributed by atoms with Crippen LogP contribution in [0.25, 0.3) is 5.82 Å². The van der Waals surface area contributed by atoms with Gasteiger partial charge in [0.15, 0.2) is 11.6 Å². The molecule has 29 heavy (non-hydrogen) atoms. The van der Waals surface area contributed by atoms with Crippen molar-refractivity contribution in [2.75, 3.05) is 31.1 Å². The summed E-state index contributed by atoms with van der Waals surface area (Å²) in [5, 5.41) is 17.5. The molecule has 0 radical (unpaired) electrons. The molecule has 0 saturated carbocycles. The van der Waals surface area contributed by atoms with E-state index in [9.17, 15) is 13.2 Å². The molecule has 0 spiro atoms. The minimum absolute atomic E-state index is 0.0215. The van der Waals surface area contributed by atoms with E-state index < -0.39 is 10.0 Å². The van der Waals surface area contributed by atoms with E-state index in [4.69, 9.17) is 5.14 Å². The summed E-state index contributed by atoms with van der Waals surface area (Å²) in [5.74, 6) is 1.14. The number of nitrogens with two attached hydrogens (primary N) is 1. The first kappa shape index (κ1) is 19.0. The number of amides is 1. The first-order chi connectivity index (χ1) is 13.9. The highest BCUT2D eigenvalue weighted by Gasteiger charge is 2.23. The molecule has 1 aliphatic rings. The minimum Gasteiger partial charge on any atom is -0.352 e. The van der Waals surface area contributed by atoms with Crippen LogP contribution < -0.4 is 10.0 Å². The maximum absolute atomic E-state index is 12.7. The number of anilines is 1. The summed E-state index contributed by atoms with van der Waals surface area (Å²) >= 11 is 0. The molecule has 1 amide bonds. The second kappa shape index (κ2) is 7.56. The summed E-state index contributed by atoms with van der Waals surface area (Å²) < 4.78 is 24.2. The highest BCUT2D eigenvalue weighted by molar-refractivity contribution is 7.89. The molecule has 0 aliphatic carbocycles. The Morgan fingerprint density at radius 2 is 1.59 bits per heavy atom. The quantitative estimate of drug-likeness (QED) is 0.612. The van der Waals surface area contributed by atoms with Crippen LogP contribution in [-0.2, 0) is 10.0 Å². The predicted molar refractivity (Wildman–Crippen MR) is 103 cm³/mol. The van der Waals surface area contributed by atoms with Crippen molar-refractivity contribution in [3.8, 4) is 5.82 Å². The number of aromatic nitrogens is 5. The van der Waals surface area contributed by atoms with Crippen LogP contribution in [0.5, 0.6) is 0 Å². The van der Waals surface area contributed by atoms with Crippen molar-refractivity contribution in [3.63, 3.8) is 0 Å². The number of primary sulfonamides is 1. The SMILES string of the molecule is NS(=O)(=O)c1ccc(C(=O)N2CCN(c3ccc(-n4cncn4)nn3)CC2)cc1. The Labute approximate surface area is 166 Å². The highest BCUT2D eigenvalue weighted by Crippen LogP contribution is 2.16. The Hall–Kier alpha value is -3.38. The molecule has 0 unspecified atom stereocenters. The first-order valence-electron chi connectivity index (χ1n) is 8.78. The maximum atomic E-state index is 12.7. The van der Waals surface area contributed by atoms with Crippen LogP contribution in [0.15, 0.2) is 53.9 Å². The second-order valence-corrected chi connectivity index (χ2v) is 8.00. The van der Waals surface area contributed by atoms with Crippen LogP contribution in [0.2, 0.25) is 0 Å². The van der Waals surface area contributed by atoms with Crippen molar-refractivity contribution in [2.45, 2.75) is 4.90 Å². The lowest BCUT2D eigenvalue weighted by Gasteiger charge is -2.35. The molecule has 2 aromatic heterocycles. The molecule has 12 heteroatoms. The third-order valence-electron chi connectivity index (χ3n) is 4.61. The summed E-state index contributed by atoms with van der Waals surface area (Å²) in [6.07, 6.45) is 2.97. The Morgan fingerprint density at radius 1 is 0.931 bits per heavy atom. The fourth-order valence-electron chi connectivity index (χ4n) is 3.04. The van der Waals surface area contributed by atoms with Gasteiger partial charge in [0, 0.05) is 31.7 Å². The molecular formula is C17H18N8O3S. The zero-order valence-corrected chi connectivity index (χ0v) is 16.1. The van der Waals surface area contributed by atoms with Gasteiger partial charge in [-0.15, -0.1) is 10.2 Å². The molecule has 3 aromatic rings. The number of nitrogens with zero attached hydrogens (tertiary/aromatic N) is 7. The van der Waals surface area contributed by atoms with Gasteiger partial charge in [-0.25, -0.2) is 23.2 Å². The van der Waals surface area contributed by atoms with Gasteiger partial charge < -0.3 is 9.80 Å². The van der Waals surface area contributed by atoms with Crippen molar-refractivity contribution in [1.82, 2.24) is 29.9 Å². The second-order valence-electron chi connectivity index (χ2n) is 6.44. The number of hydrogen-bond acceptors (Lipinski definition) is 8. The van der Waals surface area contributed by atoms with Crippen LogP contribution >= 0.6 is 0 Å². The van der Waals surface area contributed by atoms with E-state index in [1.54, 1.807) is 11.2 Å². The van der Waals surface area contributed by atoms with Crippen molar-refractivity contribution in [3.05, 3.63) is 54.6 Å². The van der Waals surface area contributed by atoms with Crippen molar-refractivity contribution >= 4 is 21.7 Å². The normalized spacial score (nSPS) is 14.8. The zero-order chi connectivity index (χ0) is 20.4. The van der Waals surface area contributed by atoms with Crippen LogP contribution in [0.3, 0.4) is 0 Å². The number of piperazine rings is 1. The highest BCUT2D eigenvalue weighted by atomic mass is 32.2. The largest absolute Gasteiger partial charge is 0.352 e. The number of carbonyl (C=O) groups excluding carboxylic acids is 1. The minimum atomic E-state index is -3.78. The Balaban J connectivity index is 1.38. The lowest BCUT2D eigenvalue weighted by molar-refractivity contribution is 0.0746. The molecule has 1 saturated heterocycles. The summed E-state index contributed by atoms with van der Waals surface area (Å²) in [6.45, 7) is 2.25. The molecule has 0 atom stereocenters. The third-order valence-corrected chi connectivity index (χ3v) is 5.54. The van der Waals surface area contributed by atoms with Gasteiger partial charge in [0.05, 0.1) is 4.90 Å². The number of carbonyl (C=O) groups is 1. The molecule has 150 valence electrons. The number of rotatable bonds is 4. The number of hydrogen-bond donors (Lipinski definition) is 1. The average Bonchev–Trinajstić information content (AvgIpc) is 3.28. The smallest absolute Gasteiger partial charge is 0.253 e. The monoisotopic (exact) mass is 414 g/mol. The lowest BCUT2D eigenvalue weighted by Crippen LogP contribution is -2.49. The van der Waals surface area contributed by atoms with Crippen LogP contribution in [-0.4, -0.2) is 70.4 Å². The molecule has 1 fully saturated rings. The molecule has 11 nitrogen and oxygen atoms in total. The first-order valence-corrected chi connectivity index (χ1v) is 10.3. The van der Waals surface area contributed by atoms with Crippen LogP contribution in [0.4, 0.5) is 5.82 Å². The van der Waals surface area contributed by atoms with E-state index in [1.807, 2.05) is 17.0 Å². The zero-order valence-electron chi connectivity index (χ0n) is 15.3. The standard InChI is InChI=1S/C17H18N8O3S/c18-29(27,28)14-3-1-13(2-4-14)17(26)24-9-7-23(8-10-24)15-5-6-16(22-21-15)25-12-19-11-20-25/h1-6,11-12H,7-10H2,(H2,18,27,28). The van der Waals surface area contributed by atoms with E-state index in [0.717, 1.165) is 5.82 Å². The Bertz CT molecular complexity index is 1090. The van der Waals surface area contributed by atoms with E-state index in [-0.39, 0.29) is 10.8 Å². The van der Waals surface area contributed by atoms with E-state index in [1.165, 1.54) is 35.3 Å². The van der Waals surface area contributed by atoms with Gasteiger partial charge in [-0.2, -0.15) is 5.10 Å². The van der Waals surface area contributed by atoms with Gasteiger partial charge in [-0.3, -0.25) is 4.79 Å². The van der Waals surface area contributed by atoms with Gasteiger partial charge >= 0.3 is 0 Å². The van der Waals surface area contributed by atoms with Gasteiger partial charge in [0.1, 0.15) is 12.7 Å². The molecule has 0 bridgehead atoms. The molecule has 2 N–H and O–H groups in total. The molecule has 1 aliphatic heterocycles. The van der Waals surface area contributed by atoms with Gasteiger partial charge in [-0.05, 0) is 36.4 Å². The Kier molecular flexibility index (Phi) is 4.94. The number of benzene rings is 1. The molecule has 4 rings (SSSR count). The van der Waals surface area contributed by atoms with Gasteiger partial charge in [0.2, 0.25) is 10.0 Å². The van der Waals surface area contributed by atoms with Crippen LogP contribution in [0, 0.1) is 0 Å². The molecule has 1 aromatic carbocycles.